The maximum absolute atomic E-state index is 12.0. The number of nitro groups is 1. The lowest BCUT2D eigenvalue weighted by Gasteiger charge is -2.05. The van der Waals surface area contributed by atoms with E-state index in [1.807, 2.05) is 17.5 Å². The molecule has 11 heteroatoms. The van der Waals surface area contributed by atoms with Crippen LogP contribution in [0.25, 0.3) is 10.8 Å². The first-order chi connectivity index (χ1) is 13.0. The number of non-ortho nitro benzene ring substituents is 1. The third-order valence-electron chi connectivity index (χ3n) is 3.27. The van der Waals surface area contributed by atoms with E-state index in [4.69, 9.17) is 9.26 Å². The monoisotopic (exact) mass is 388 g/mol. The molecule has 2 aromatic heterocycles. The van der Waals surface area contributed by atoms with Gasteiger partial charge in [0.15, 0.2) is 6.61 Å². The fourth-order valence-electron chi connectivity index (χ4n) is 2.02. The molecule has 0 aliphatic heterocycles. The van der Waals surface area contributed by atoms with Gasteiger partial charge in [0.25, 0.3) is 17.5 Å². The minimum Gasteiger partial charge on any atom is -0.456 e. The van der Waals surface area contributed by atoms with E-state index < -0.39 is 23.3 Å². The molecule has 0 unspecified atom stereocenters. The third kappa shape index (κ3) is 4.73. The Hall–Kier alpha value is -3.60. The summed E-state index contributed by atoms with van der Waals surface area (Å²) in [6.07, 6.45) is 0. The van der Waals surface area contributed by atoms with E-state index in [1.165, 1.54) is 29.5 Å². The highest BCUT2D eigenvalue weighted by molar-refractivity contribution is 7.13. The van der Waals surface area contributed by atoms with E-state index in [1.54, 1.807) is 0 Å². The summed E-state index contributed by atoms with van der Waals surface area (Å²) < 4.78 is 10.0. The number of rotatable bonds is 7. The van der Waals surface area contributed by atoms with E-state index in [0.717, 1.165) is 10.9 Å². The molecule has 2 heterocycles. The number of nitro benzene ring substituents is 1. The van der Waals surface area contributed by atoms with Crippen molar-refractivity contribution < 1.29 is 23.8 Å². The number of carbonyl (C=O) groups excluding carboxylic acids is 2. The molecule has 3 rings (SSSR count). The highest BCUT2D eigenvalue weighted by Gasteiger charge is 2.14. The number of nitrogens with zero attached hydrogens (tertiary/aromatic N) is 3. The molecular weight excluding hydrogens is 376 g/mol. The summed E-state index contributed by atoms with van der Waals surface area (Å²) in [7, 11) is 0. The fraction of sp³-hybridized carbons (Fsp3) is 0.125. The van der Waals surface area contributed by atoms with Crippen LogP contribution in [0.4, 0.5) is 5.69 Å². The van der Waals surface area contributed by atoms with E-state index in [2.05, 4.69) is 15.5 Å². The van der Waals surface area contributed by atoms with Crippen LogP contribution in [0.3, 0.4) is 0 Å². The Morgan fingerprint density at radius 2 is 2.15 bits per heavy atom. The smallest absolute Gasteiger partial charge is 0.325 e. The molecular formula is C16H12N4O6S. The molecule has 138 valence electrons. The van der Waals surface area contributed by atoms with Crippen LogP contribution >= 0.6 is 11.3 Å². The second kappa shape index (κ2) is 8.19. The number of esters is 1. The maximum atomic E-state index is 12.0. The van der Waals surface area contributed by atoms with Gasteiger partial charge in [-0.2, -0.15) is 4.98 Å². The summed E-state index contributed by atoms with van der Waals surface area (Å²) in [5, 5.41) is 18.6. The lowest BCUT2D eigenvalue weighted by Crippen LogP contribution is -2.30. The molecule has 10 nitrogen and oxygen atoms in total. The summed E-state index contributed by atoms with van der Waals surface area (Å²) in [4.78, 5) is 38.7. The van der Waals surface area contributed by atoms with Gasteiger partial charge in [-0.25, -0.2) is 0 Å². The second-order valence-corrected chi connectivity index (χ2v) is 6.09. The lowest BCUT2D eigenvalue weighted by atomic mass is 10.2. The first-order valence-electron chi connectivity index (χ1n) is 7.57. The van der Waals surface area contributed by atoms with Crippen molar-refractivity contribution >= 4 is 28.9 Å². The lowest BCUT2D eigenvalue weighted by molar-refractivity contribution is -0.384. The quantitative estimate of drug-likeness (QED) is 0.369. The van der Waals surface area contributed by atoms with Gasteiger partial charge in [0.05, 0.1) is 9.80 Å². The molecule has 0 aliphatic rings. The van der Waals surface area contributed by atoms with Crippen LogP contribution in [-0.4, -0.2) is 33.5 Å². The first kappa shape index (κ1) is 18.2. The van der Waals surface area contributed by atoms with Gasteiger partial charge in [0.2, 0.25) is 5.82 Å². The van der Waals surface area contributed by atoms with Gasteiger partial charge in [-0.05, 0) is 17.5 Å². The van der Waals surface area contributed by atoms with E-state index in [9.17, 15) is 19.7 Å². The van der Waals surface area contributed by atoms with Crippen molar-refractivity contribution in [2.24, 2.45) is 0 Å². The molecule has 0 aliphatic carbocycles. The largest absolute Gasteiger partial charge is 0.456 e. The Labute approximate surface area is 155 Å². The second-order valence-electron chi connectivity index (χ2n) is 5.14. The van der Waals surface area contributed by atoms with Crippen LogP contribution < -0.4 is 5.32 Å². The number of hydrogen-bond donors (Lipinski definition) is 1. The van der Waals surface area contributed by atoms with Gasteiger partial charge in [-0.15, -0.1) is 11.3 Å². The van der Waals surface area contributed by atoms with E-state index in [-0.39, 0.29) is 23.7 Å². The molecule has 1 amide bonds. The first-order valence-corrected chi connectivity index (χ1v) is 8.45. The zero-order chi connectivity index (χ0) is 19.2. The average molecular weight is 388 g/mol. The summed E-state index contributed by atoms with van der Waals surface area (Å²) in [5.74, 6) is -0.821. The maximum Gasteiger partial charge on any atom is 0.325 e. The number of carbonyl (C=O) groups is 2. The third-order valence-corrected chi connectivity index (χ3v) is 4.13. The van der Waals surface area contributed by atoms with Crippen molar-refractivity contribution in [2.45, 2.75) is 6.61 Å². The Kier molecular flexibility index (Phi) is 5.52. The van der Waals surface area contributed by atoms with Crippen LogP contribution in [-0.2, 0) is 16.1 Å². The van der Waals surface area contributed by atoms with Crippen molar-refractivity contribution in [1.82, 2.24) is 15.5 Å². The van der Waals surface area contributed by atoms with Gasteiger partial charge in [0, 0.05) is 17.7 Å². The van der Waals surface area contributed by atoms with Crippen LogP contribution in [0.15, 0.2) is 46.3 Å². The zero-order valence-corrected chi connectivity index (χ0v) is 14.5. The molecule has 27 heavy (non-hydrogen) atoms. The molecule has 1 aromatic carbocycles. The molecule has 1 N–H and O–H groups in total. The predicted octanol–water partition coefficient (Wildman–Crippen LogP) is 2.18. The summed E-state index contributed by atoms with van der Waals surface area (Å²) >= 11 is 1.43. The fourth-order valence-corrected chi connectivity index (χ4v) is 2.67. The van der Waals surface area contributed by atoms with Crippen LogP contribution in [0, 0.1) is 10.1 Å². The number of benzene rings is 1. The van der Waals surface area contributed by atoms with Crippen molar-refractivity contribution in [3.05, 3.63) is 63.3 Å². The topological polar surface area (TPSA) is 137 Å². The number of aromatic nitrogens is 2. The Morgan fingerprint density at radius 1 is 1.30 bits per heavy atom. The molecule has 0 bridgehead atoms. The molecule has 0 fully saturated rings. The number of amides is 1. The Morgan fingerprint density at radius 3 is 2.89 bits per heavy atom. The number of hydrogen-bond acceptors (Lipinski definition) is 9. The van der Waals surface area contributed by atoms with Gasteiger partial charge in [0.1, 0.15) is 6.54 Å². The predicted molar refractivity (Wildman–Crippen MR) is 92.8 cm³/mol. The SMILES string of the molecule is O=C(CNC(=O)c1cccc([N+](=O)[O-])c1)OCc1noc(-c2cccs2)n1. The molecule has 0 atom stereocenters. The normalized spacial score (nSPS) is 10.4. The van der Waals surface area contributed by atoms with Gasteiger partial charge >= 0.3 is 5.97 Å². The molecule has 0 radical (unpaired) electrons. The highest BCUT2D eigenvalue weighted by Crippen LogP contribution is 2.22. The number of ether oxygens (including phenoxy) is 1. The minimum atomic E-state index is -0.712. The minimum absolute atomic E-state index is 0.0655. The van der Waals surface area contributed by atoms with Crippen molar-refractivity contribution in [3.8, 4) is 10.8 Å². The molecule has 0 saturated carbocycles. The average Bonchev–Trinajstić information content (AvgIpc) is 3.35. The van der Waals surface area contributed by atoms with E-state index >= 15 is 0 Å². The van der Waals surface area contributed by atoms with Gasteiger partial charge < -0.3 is 14.6 Å². The standard InChI is InChI=1S/C16H12N4O6S/c21-14(8-17-15(22)10-3-1-4-11(7-10)20(23)24)25-9-13-18-16(26-19-13)12-5-2-6-27-12/h1-7H,8-9H2,(H,17,22). The molecule has 0 saturated heterocycles. The van der Waals surface area contributed by atoms with Gasteiger partial charge in [-0.3, -0.25) is 19.7 Å². The Bertz CT molecular complexity index is 969. The molecule has 3 aromatic rings. The number of nitrogens with one attached hydrogen (secondary N) is 1. The van der Waals surface area contributed by atoms with Crippen LogP contribution in [0.1, 0.15) is 16.2 Å². The van der Waals surface area contributed by atoms with Crippen LogP contribution in [0.5, 0.6) is 0 Å². The zero-order valence-electron chi connectivity index (χ0n) is 13.7. The number of thiophene rings is 1. The summed E-state index contributed by atoms with van der Waals surface area (Å²) in [5.41, 5.74) is -0.153. The molecule has 0 spiro atoms. The summed E-state index contributed by atoms with van der Waals surface area (Å²) in [6, 6.07) is 8.82. The Balaban J connectivity index is 1.48. The van der Waals surface area contributed by atoms with Crippen molar-refractivity contribution in [2.75, 3.05) is 6.54 Å². The van der Waals surface area contributed by atoms with Crippen LogP contribution in [0.2, 0.25) is 0 Å². The summed E-state index contributed by atoms with van der Waals surface area (Å²) in [6.45, 7) is -0.614. The van der Waals surface area contributed by atoms with Gasteiger partial charge in [-0.1, -0.05) is 17.3 Å². The van der Waals surface area contributed by atoms with Crippen molar-refractivity contribution in [1.29, 1.82) is 0 Å². The van der Waals surface area contributed by atoms with E-state index in [0.29, 0.717) is 5.89 Å². The van der Waals surface area contributed by atoms with Crippen molar-refractivity contribution in [3.63, 3.8) is 0 Å². The highest BCUT2D eigenvalue weighted by atomic mass is 32.1.